The molecule has 4 heteroatoms. The van der Waals surface area contributed by atoms with Crippen molar-refractivity contribution < 1.29 is 4.79 Å². The first-order valence-electron chi connectivity index (χ1n) is 6.74. The molecule has 100 valence electrons. The highest BCUT2D eigenvalue weighted by molar-refractivity contribution is 5.84. The molecule has 1 amide bonds. The normalized spacial score (nSPS) is 19.3. The zero-order chi connectivity index (χ0) is 12.9. The Morgan fingerprint density at radius 1 is 1.47 bits per heavy atom. The molecule has 1 aliphatic carbocycles. The smallest absolute Gasteiger partial charge is 0.237 e. The van der Waals surface area contributed by atoms with Gasteiger partial charge >= 0.3 is 0 Å². The molecule has 1 atom stereocenters. The van der Waals surface area contributed by atoms with E-state index in [1.165, 1.54) is 25.7 Å². The minimum Gasteiger partial charge on any atom is -0.368 e. The standard InChI is InChI=1S/C13H27N3O/c1-4-5-9-16(3)10-8-13(2,12(14)17)15-11-6-7-11/h11,15H,4-10H2,1-3H3,(H2,14,17). The van der Waals surface area contributed by atoms with E-state index in [4.69, 9.17) is 5.73 Å². The van der Waals surface area contributed by atoms with Crippen molar-refractivity contribution in [2.45, 2.75) is 57.5 Å². The average Bonchev–Trinajstić information content (AvgIpc) is 3.07. The highest BCUT2D eigenvalue weighted by Crippen LogP contribution is 2.24. The summed E-state index contributed by atoms with van der Waals surface area (Å²) in [6.07, 6.45) is 5.56. The molecule has 0 saturated heterocycles. The third-order valence-corrected chi connectivity index (χ3v) is 3.53. The van der Waals surface area contributed by atoms with E-state index in [1.807, 2.05) is 6.92 Å². The van der Waals surface area contributed by atoms with Crippen LogP contribution < -0.4 is 11.1 Å². The van der Waals surface area contributed by atoms with Crippen molar-refractivity contribution in [3.63, 3.8) is 0 Å². The van der Waals surface area contributed by atoms with Crippen LogP contribution in [0.5, 0.6) is 0 Å². The molecule has 0 spiro atoms. The lowest BCUT2D eigenvalue weighted by Crippen LogP contribution is -2.55. The van der Waals surface area contributed by atoms with Crippen LogP contribution >= 0.6 is 0 Å². The Balaban J connectivity index is 2.35. The first-order valence-corrected chi connectivity index (χ1v) is 6.74. The van der Waals surface area contributed by atoms with Crippen LogP contribution in [0.4, 0.5) is 0 Å². The molecule has 1 unspecified atom stereocenters. The van der Waals surface area contributed by atoms with E-state index in [0.29, 0.717) is 6.04 Å². The van der Waals surface area contributed by atoms with Crippen molar-refractivity contribution >= 4 is 5.91 Å². The number of nitrogens with zero attached hydrogens (tertiary/aromatic N) is 1. The molecule has 0 radical (unpaired) electrons. The lowest BCUT2D eigenvalue weighted by Gasteiger charge is -2.29. The summed E-state index contributed by atoms with van der Waals surface area (Å²) in [6, 6.07) is 0.508. The van der Waals surface area contributed by atoms with Crippen LogP contribution in [0, 0.1) is 0 Å². The van der Waals surface area contributed by atoms with E-state index >= 15 is 0 Å². The van der Waals surface area contributed by atoms with Crippen LogP contribution in [-0.2, 0) is 4.79 Å². The summed E-state index contributed by atoms with van der Waals surface area (Å²) >= 11 is 0. The van der Waals surface area contributed by atoms with Crippen LogP contribution in [0.25, 0.3) is 0 Å². The minimum absolute atomic E-state index is 0.228. The molecular weight excluding hydrogens is 214 g/mol. The zero-order valence-corrected chi connectivity index (χ0v) is 11.5. The molecular formula is C13H27N3O. The molecule has 0 aromatic rings. The molecule has 0 heterocycles. The van der Waals surface area contributed by atoms with Gasteiger partial charge in [-0.15, -0.1) is 0 Å². The van der Waals surface area contributed by atoms with Gasteiger partial charge < -0.3 is 16.0 Å². The maximum absolute atomic E-state index is 11.6. The highest BCUT2D eigenvalue weighted by atomic mass is 16.1. The average molecular weight is 241 g/mol. The Morgan fingerprint density at radius 2 is 2.12 bits per heavy atom. The lowest BCUT2D eigenvalue weighted by atomic mass is 9.96. The minimum atomic E-state index is -0.540. The van der Waals surface area contributed by atoms with Crippen LogP contribution in [0.15, 0.2) is 0 Å². The third kappa shape index (κ3) is 5.04. The predicted molar refractivity (Wildman–Crippen MR) is 70.8 cm³/mol. The third-order valence-electron chi connectivity index (χ3n) is 3.53. The molecule has 1 aliphatic rings. The largest absolute Gasteiger partial charge is 0.368 e. The summed E-state index contributed by atoms with van der Waals surface area (Å²) in [6.45, 7) is 6.13. The van der Waals surface area contributed by atoms with E-state index in [2.05, 4.69) is 24.2 Å². The number of nitrogens with one attached hydrogen (secondary N) is 1. The summed E-state index contributed by atoms with van der Waals surface area (Å²) in [5.41, 5.74) is 4.97. The Bertz CT molecular complexity index is 253. The molecule has 4 nitrogen and oxygen atoms in total. The van der Waals surface area contributed by atoms with Crippen molar-refractivity contribution in [2.75, 3.05) is 20.1 Å². The van der Waals surface area contributed by atoms with E-state index in [1.54, 1.807) is 0 Å². The fraction of sp³-hybridized carbons (Fsp3) is 0.923. The van der Waals surface area contributed by atoms with Gasteiger partial charge in [-0.3, -0.25) is 4.79 Å². The van der Waals surface area contributed by atoms with Gasteiger partial charge in [-0.2, -0.15) is 0 Å². The van der Waals surface area contributed by atoms with E-state index < -0.39 is 5.54 Å². The Labute approximate surface area is 105 Å². The second-order valence-electron chi connectivity index (χ2n) is 5.52. The number of nitrogens with two attached hydrogens (primary N) is 1. The summed E-state index contributed by atoms with van der Waals surface area (Å²) in [5.74, 6) is -0.228. The number of hydrogen-bond acceptors (Lipinski definition) is 3. The summed E-state index contributed by atoms with van der Waals surface area (Å²) in [7, 11) is 2.11. The van der Waals surface area contributed by atoms with Crippen LogP contribution in [0.3, 0.4) is 0 Å². The second-order valence-corrected chi connectivity index (χ2v) is 5.52. The number of carbonyl (C=O) groups excluding carboxylic acids is 1. The van der Waals surface area contributed by atoms with Crippen LogP contribution in [0.2, 0.25) is 0 Å². The molecule has 0 aromatic heterocycles. The van der Waals surface area contributed by atoms with Crippen LogP contribution in [0.1, 0.15) is 46.0 Å². The molecule has 1 saturated carbocycles. The monoisotopic (exact) mass is 241 g/mol. The van der Waals surface area contributed by atoms with Gasteiger partial charge in [-0.05, 0) is 46.2 Å². The van der Waals surface area contributed by atoms with Crippen molar-refractivity contribution in [1.82, 2.24) is 10.2 Å². The Kier molecular flexibility index (Phi) is 5.40. The van der Waals surface area contributed by atoms with Crippen molar-refractivity contribution in [2.24, 2.45) is 5.73 Å². The number of rotatable bonds is 9. The Morgan fingerprint density at radius 3 is 2.59 bits per heavy atom. The first kappa shape index (κ1) is 14.5. The number of primary amides is 1. The number of unbranched alkanes of at least 4 members (excludes halogenated alkanes) is 1. The molecule has 3 N–H and O–H groups in total. The molecule has 0 bridgehead atoms. The lowest BCUT2D eigenvalue weighted by molar-refractivity contribution is -0.124. The van der Waals surface area contributed by atoms with Gasteiger partial charge in [0.1, 0.15) is 0 Å². The number of carbonyl (C=O) groups is 1. The van der Waals surface area contributed by atoms with Crippen molar-refractivity contribution in [1.29, 1.82) is 0 Å². The van der Waals surface area contributed by atoms with Gasteiger partial charge in [-0.1, -0.05) is 13.3 Å². The molecule has 17 heavy (non-hydrogen) atoms. The zero-order valence-electron chi connectivity index (χ0n) is 11.5. The SMILES string of the molecule is CCCCN(C)CCC(C)(NC1CC1)C(N)=O. The topological polar surface area (TPSA) is 58.4 Å². The fourth-order valence-electron chi connectivity index (χ4n) is 1.90. The van der Waals surface area contributed by atoms with Crippen molar-refractivity contribution in [3.05, 3.63) is 0 Å². The second kappa shape index (κ2) is 6.36. The van der Waals surface area contributed by atoms with Crippen LogP contribution in [-0.4, -0.2) is 42.5 Å². The summed E-state index contributed by atoms with van der Waals surface area (Å²) in [5, 5.41) is 3.38. The highest BCUT2D eigenvalue weighted by Gasteiger charge is 2.36. The van der Waals surface area contributed by atoms with E-state index in [-0.39, 0.29) is 5.91 Å². The predicted octanol–water partition coefficient (Wildman–Crippen LogP) is 1.10. The summed E-state index contributed by atoms with van der Waals surface area (Å²) < 4.78 is 0. The van der Waals surface area contributed by atoms with E-state index in [9.17, 15) is 4.79 Å². The maximum atomic E-state index is 11.6. The van der Waals surface area contributed by atoms with Gasteiger partial charge in [0.25, 0.3) is 0 Å². The summed E-state index contributed by atoms with van der Waals surface area (Å²) in [4.78, 5) is 13.8. The van der Waals surface area contributed by atoms with Crippen molar-refractivity contribution in [3.8, 4) is 0 Å². The Hall–Kier alpha value is -0.610. The maximum Gasteiger partial charge on any atom is 0.237 e. The van der Waals surface area contributed by atoms with Gasteiger partial charge in [0.15, 0.2) is 0 Å². The van der Waals surface area contributed by atoms with E-state index in [0.717, 1.165) is 19.5 Å². The first-order chi connectivity index (χ1) is 7.98. The van der Waals surface area contributed by atoms with Gasteiger partial charge in [0, 0.05) is 12.6 Å². The molecule has 1 rings (SSSR count). The molecule has 0 aromatic carbocycles. The quantitative estimate of drug-likeness (QED) is 0.635. The number of amides is 1. The molecule has 0 aliphatic heterocycles. The van der Waals surface area contributed by atoms with Gasteiger partial charge in [0.05, 0.1) is 5.54 Å². The fourth-order valence-corrected chi connectivity index (χ4v) is 1.90. The van der Waals surface area contributed by atoms with Gasteiger partial charge in [-0.25, -0.2) is 0 Å². The molecule has 1 fully saturated rings. The van der Waals surface area contributed by atoms with Gasteiger partial charge in [0.2, 0.25) is 5.91 Å². The number of hydrogen-bond donors (Lipinski definition) is 2.